The molecule has 2 heterocycles. The Kier molecular flexibility index (Phi) is 3.78. The Morgan fingerprint density at radius 2 is 2.24 bits per heavy atom. The van der Waals surface area contributed by atoms with Crippen molar-refractivity contribution in [3.05, 3.63) is 23.8 Å². The summed E-state index contributed by atoms with van der Waals surface area (Å²) >= 11 is 1.08. The molecule has 3 rings (SSSR count). The molecule has 21 heavy (non-hydrogen) atoms. The van der Waals surface area contributed by atoms with Crippen LogP contribution in [0.3, 0.4) is 0 Å². The van der Waals surface area contributed by atoms with E-state index in [1.165, 1.54) is 4.90 Å². The Labute approximate surface area is 124 Å². The maximum atomic E-state index is 12.3. The van der Waals surface area contributed by atoms with Crippen molar-refractivity contribution in [2.24, 2.45) is 0 Å². The van der Waals surface area contributed by atoms with Gasteiger partial charge in [0.1, 0.15) is 23.7 Å². The van der Waals surface area contributed by atoms with E-state index in [4.69, 9.17) is 0 Å². The van der Waals surface area contributed by atoms with Crippen LogP contribution in [0.4, 0.5) is 4.39 Å². The number of nitrogens with one attached hydrogen (secondary N) is 1. The van der Waals surface area contributed by atoms with Gasteiger partial charge in [0.05, 0.1) is 11.7 Å². The Hall–Kier alpha value is -2.09. The smallest absolute Gasteiger partial charge is 0.252 e. The van der Waals surface area contributed by atoms with Crippen LogP contribution in [0.2, 0.25) is 0 Å². The van der Waals surface area contributed by atoms with Gasteiger partial charge in [-0.25, -0.2) is 4.39 Å². The molecule has 0 saturated carbocycles. The lowest BCUT2D eigenvalue weighted by atomic mass is 10.1. The van der Waals surface area contributed by atoms with Crippen LogP contribution in [0.25, 0.3) is 11.0 Å². The molecular weight excluding hydrogens is 295 g/mol. The maximum absolute atomic E-state index is 12.3. The highest BCUT2D eigenvalue weighted by molar-refractivity contribution is 7.00. The number of amides is 2. The van der Waals surface area contributed by atoms with Gasteiger partial charge in [-0.3, -0.25) is 9.59 Å². The third-order valence-corrected chi connectivity index (χ3v) is 4.03. The van der Waals surface area contributed by atoms with Crippen LogP contribution in [-0.2, 0) is 4.79 Å². The first-order chi connectivity index (χ1) is 10.2. The van der Waals surface area contributed by atoms with Crippen LogP contribution in [0, 0.1) is 0 Å². The molecule has 1 saturated heterocycles. The highest BCUT2D eigenvalue weighted by Crippen LogP contribution is 2.15. The lowest BCUT2D eigenvalue weighted by Gasteiger charge is -2.15. The lowest BCUT2D eigenvalue weighted by molar-refractivity contribution is -0.129. The van der Waals surface area contributed by atoms with Crippen LogP contribution in [-0.4, -0.2) is 51.3 Å². The molecule has 1 atom stereocenters. The SMILES string of the molecule is O=C(NC1CCN(CCF)C1=O)c1ccc2nsnc2c1. The number of carbonyl (C=O) groups is 2. The summed E-state index contributed by atoms with van der Waals surface area (Å²) in [5.74, 6) is -0.553. The van der Waals surface area contributed by atoms with Crippen LogP contribution in [0.1, 0.15) is 16.8 Å². The number of nitrogens with zero attached hydrogens (tertiary/aromatic N) is 3. The third kappa shape index (κ3) is 2.71. The van der Waals surface area contributed by atoms with Gasteiger partial charge in [0.25, 0.3) is 5.91 Å². The van der Waals surface area contributed by atoms with Crippen molar-refractivity contribution in [3.8, 4) is 0 Å². The molecule has 2 aromatic rings. The van der Waals surface area contributed by atoms with Crippen LogP contribution >= 0.6 is 11.7 Å². The van der Waals surface area contributed by atoms with Crippen molar-refractivity contribution in [2.45, 2.75) is 12.5 Å². The normalized spacial score (nSPS) is 18.4. The number of fused-ring (bicyclic) bond motifs is 1. The number of rotatable bonds is 4. The molecule has 1 N–H and O–H groups in total. The Bertz CT molecular complexity index is 690. The van der Waals surface area contributed by atoms with Gasteiger partial charge in [0.2, 0.25) is 5.91 Å². The number of likely N-dealkylation sites (tertiary alicyclic amines) is 1. The molecule has 0 spiro atoms. The summed E-state index contributed by atoms with van der Waals surface area (Å²) < 4.78 is 20.4. The number of benzene rings is 1. The second kappa shape index (κ2) is 5.72. The maximum Gasteiger partial charge on any atom is 0.252 e. The van der Waals surface area contributed by atoms with Gasteiger partial charge in [-0.05, 0) is 24.6 Å². The van der Waals surface area contributed by atoms with E-state index in [1.807, 2.05) is 0 Å². The third-order valence-electron chi connectivity index (χ3n) is 3.47. The fourth-order valence-corrected chi connectivity index (χ4v) is 2.88. The number of hydrogen-bond donors (Lipinski definition) is 1. The molecule has 1 aromatic carbocycles. The van der Waals surface area contributed by atoms with E-state index in [1.54, 1.807) is 18.2 Å². The van der Waals surface area contributed by atoms with Crippen molar-refractivity contribution < 1.29 is 14.0 Å². The number of halogens is 1. The first kappa shape index (κ1) is 13.9. The van der Waals surface area contributed by atoms with Crippen molar-refractivity contribution in [1.82, 2.24) is 19.0 Å². The summed E-state index contributed by atoms with van der Waals surface area (Å²) in [6.07, 6.45) is 0.505. The highest BCUT2D eigenvalue weighted by Gasteiger charge is 2.32. The fraction of sp³-hybridized carbons (Fsp3) is 0.385. The average molecular weight is 308 g/mol. The number of carbonyl (C=O) groups excluding carboxylic acids is 2. The van der Waals surface area contributed by atoms with Gasteiger partial charge in [-0.15, -0.1) is 0 Å². The quantitative estimate of drug-likeness (QED) is 0.914. The van der Waals surface area contributed by atoms with E-state index >= 15 is 0 Å². The topological polar surface area (TPSA) is 75.2 Å². The molecule has 2 amide bonds. The van der Waals surface area contributed by atoms with Crippen molar-refractivity contribution in [2.75, 3.05) is 19.8 Å². The van der Waals surface area contributed by atoms with Crippen molar-refractivity contribution in [3.63, 3.8) is 0 Å². The Morgan fingerprint density at radius 3 is 3.05 bits per heavy atom. The molecule has 1 fully saturated rings. The first-order valence-electron chi connectivity index (χ1n) is 6.57. The van der Waals surface area contributed by atoms with Crippen molar-refractivity contribution in [1.29, 1.82) is 0 Å². The summed E-state index contributed by atoms with van der Waals surface area (Å²) in [6.45, 7) is -0.00963. The fourth-order valence-electron chi connectivity index (χ4n) is 2.36. The summed E-state index contributed by atoms with van der Waals surface area (Å²) in [6, 6.07) is 4.44. The Morgan fingerprint density at radius 1 is 1.43 bits per heavy atom. The molecule has 0 bridgehead atoms. The summed E-state index contributed by atoms with van der Waals surface area (Å²) in [5.41, 5.74) is 1.83. The van der Waals surface area contributed by atoms with E-state index in [0.29, 0.717) is 24.0 Å². The first-order valence-corrected chi connectivity index (χ1v) is 7.30. The molecule has 1 aliphatic rings. The summed E-state index contributed by atoms with van der Waals surface area (Å²) in [4.78, 5) is 25.6. The monoisotopic (exact) mass is 308 g/mol. The predicted octanol–water partition coefficient (Wildman–Crippen LogP) is 0.991. The summed E-state index contributed by atoms with van der Waals surface area (Å²) in [5, 5.41) is 2.69. The van der Waals surface area contributed by atoms with Gasteiger partial charge < -0.3 is 10.2 Å². The number of aromatic nitrogens is 2. The van der Waals surface area contributed by atoms with Gasteiger partial charge >= 0.3 is 0 Å². The second-order valence-electron chi connectivity index (χ2n) is 4.80. The molecule has 0 aliphatic carbocycles. The lowest BCUT2D eigenvalue weighted by Crippen LogP contribution is -2.41. The zero-order chi connectivity index (χ0) is 14.8. The minimum Gasteiger partial charge on any atom is -0.340 e. The van der Waals surface area contributed by atoms with Crippen LogP contribution < -0.4 is 5.32 Å². The van der Waals surface area contributed by atoms with Crippen LogP contribution in [0.15, 0.2) is 18.2 Å². The average Bonchev–Trinajstić information content (AvgIpc) is 3.08. The van der Waals surface area contributed by atoms with Crippen LogP contribution in [0.5, 0.6) is 0 Å². The molecule has 1 aromatic heterocycles. The van der Waals surface area contributed by atoms with E-state index in [0.717, 1.165) is 17.2 Å². The number of hydrogen-bond acceptors (Lipinski definition) is 5. The molecular formula is C13H13FN4O2S. The minimum absolute atomic E-state index is 0.0850. The zero-order valence-corrected chi connectivity index (χ0v) is 11.9. The standard InChI is InChI=1S/C13H13FN4O2S/c14-4-6-18-5-3-10(13(18)20)15-12(19)8-1-2-9-11(7-8)17-21-16-9/h1-2,7,10H,3-6H2,(H,15,19). The van der Waals surface area contributed by atoms with E-state index in [2.05, 4.69) is 14.1 Å². The Balaban J connectivity index is 1.70. The molecule has 0 radical (unpaired) electrons. The molecule has 8 heteroatoms. The van der Waals surface area contributed by atoms with Crippen molar-refractivity contribution >= 4 is 34.6 Å². The summed E-state index contributed by atoms with van der Waals surface area (Å²) in [7, 11) is 0. The van der Waals surface area contributed by atoms with E-state index in [9.17, 15) is 14.0 Å². The van der Waals surface area contributed by atoms with Gasteiger partial charge in [-0.2, -0.15) is 8.75 Å². The van der Waals surface area contributed by atoms with Gasteiger partial charge in [0.15, 0.2) is 0 Å². The van der Waals surface area contributed by atoms with E-state index in [-0.39, 0.29) is 18.4 Å². The minimum atomic E-state index is -0.576. The predicted molar refractivity (Wildman–Crippen MR) is 75.8 cm³/mol. The van der Waals surface area contributed by atoms with Gasteiger partial charge in [0, 0.05) is 18.7 Å². The zero-order valence-electron chi connectivity index (χ0n) is 11.1. The highest BCUT2D eigenvalue weighted by atomic mass is 32.1. The second-order valence-corrected chi connectivity index (χ2v) is 5.33. The largest absolute Gasteiger partial charge is 0.340 e. The molecule has 6 nitrogen and oxygen atoms in total. The number of alkyl halides is 1. The molecule has 1 unspecified atom stereocenters. The van der Waals surface area contributed by atoms with Gasteiger partial charge in [-0.1, -0.05) is 0 Å². The van der Waals surface area contributed by atoms with E-state index < -0.39 is 12.7 Å². The molecule has 110 valence electrons. The molecule has 1 aliphatic heterocycles.